The van der Waals surface area contributed by atoms with E-state index in [1.165, 1.54) is 5.56 Å². The number of methoxy groups -OCH3 is 1. The lowest BCUT2D eigenvalue weighted by Crippen LogP contribution is -2.17. The van der Waals surface area contributed by atoms with Crippen LogP contribution >= 0.6 is 0 Å². The summed E-state index contributed by atoms with van der Waals surface area (Å²) in [5.41, 5.74) is 2.27. The summed E-state index contributed by atoms with van der Waals surface area (Å²) in [6, 6.07) is 16.2. The molecule has 144 valence electrons. The summed E-state index contributed by atoms with van der Waals surface area (Å²) in [5.74, 6) is 0.737. The summed E-state index contributed by atoms with van der Waals surface area (Å²) in [6.45, 7) is 1.71. The number of aliphatic carboxylic acids is 1. The van der Waals surface area contributed by atoms with Crippen molar-refractivity contribution in [3.63, 3.8) is 0 Å². The van der Waals surface area contributed by atoms with E-state index in [2.05, 4.69) is 29.6 Å². The van der Waals surface area contributed by atoms with E-state index in [-0.39, 0.29) is 6.42 Å². The number of carboxylic acid groups (broad SMARTS) is 1. The Labute approximate surface area is 160 Å². The van der Waals surface area contributed by atoms with Crippen molar-refractivity contribution >= 4 is 12.0 Å². The largest absolute Gasteiger partial charge is 0.496 e. The first-order valence-corrected chi connectivity index (χ1v) is 9.13. The molecule has 0 aliphatic carbocycles. The first-order valence-electron chi connectivity index (χ1n) is 9.13. The molecule has 0 unspecified atom stereocenters. The molecule has 0 saturated heterocycles. The molecule has 0 fully saturated rings. The van der Waals surface area contributed by atoms with Gasteiger partial charge in [0.1, 0.15) is 11.5 Å². The molecule has 27 heavy (non-hydrogen) atoms. The molecule has 0 heterocycles. The van der Waals surface area contributed by atoms with Gasteiger partial charge in [-0.15, -0.1) is 0 Å². The average molecular weight is 369 g/mol. The molecule has 0 bridgehead atoms. The van der Waals surface area contributed by atoms with E-state index in [1.807, 2.05) is 36.4 Å². The van der Waals surface area contributed by atoms with Gasteiger partial charge in [-0.1, -0.05) is 42.5 Å². The average Bonchev–Trinajstić information content (AvgIpc) is 2.69. The van der Waals surface area contributed by atoms with Crippen molar-refractivity contribution in [1.82, 2.24) is 5.32 Å². The number of benzene rings is 2. The Morgan fingerprint density at radius 2 is 2.00 bits per heavy atom. The number of hydrogen-bond acceptors (Lipinski definition) is 4. The minimum absolute atomic E-state index is 0.119. The minimum Gasteiger partial charge on any atom is -0.496 e. The normalized spacial score (nSPS) is 10.9. The van der Waals surface area contributed by atoms with Crippen molar-refractivity contribution in [2.75, 3.05) is 26.8 Å². The molecule has 0 atom stereocenters. The van der Waals surface area contributed by atoms with E-state index in [9.17, 15) is 4.79 Å². The Kier molecular flexibility index (Phi) is 8.93. The number of carbonyl (C=O) groups is 1. The van der Waals surface area contributed by atoms with Gasteiger partial charge in [0, 0.05) is 24.7 Å². The van der Waals surface area contributed by atoms with Crippen LogP contribution in [0.4, 0.5) is 0 Å². The molecule has 0 spiro atoms. The molecule has 2 aromatic rings. The van der Waals surface area contributed by atoms with E-state index < -0.39 is 5.97 Å². The highest BCUT2D eigenvalue weighted by molar-refractivity contribution is 5.66. The lowest BCUT2D eigenvalue weighted by Gasteiger charge is -2.10. The maximum Gasteiger partial charge on any atom is 0.304 e. The third-order valence-electron chi connectivity index (χ3n) is 4.00. The van der Waals surface area contributed by atoms with Crippen LogP contribution in [0.2, 0.25) is 0 Å². The Hall–Kier alpha value is -2.79. The summed E-state index contributed by atoms with van der Waals surface area (Å²) < 4.78 is 11.3. The van der Waals surface area contributed by atoms with Gasteiger partial charge in [0.15, 0.2) is 0 Å². The molecule has 5 nitrogen and oxygen atoms in total. The minimum atomic E-state index is -0.799. The van der Waals surface area contributed by atoms with Crippen LogP contribution in [-0.2, 0) is 11.2 Å². The number of rotatable bonds is 12. The smallest absolute Gasteiger partial charge is 0.304 e. The molecule has 2 aromatic carbocycles. The highest BCUT2D eigenvalue weighted by Gasteiger charge is 2.03. The van der Waals surface area contributed by atoms with Crippen LogP contribution in [0.5, 0.6) is 11.5 Å². The van der Waals surface area contributed by atoms with Crippen molar-refractivity contribution in [2.45, 2.75) is 19.3 Å². The van der Waals surface area contributed by atoms with Crippen LogP contribution in [0.25, 0.3) is 6.08 Å². The summed E-state index contributed by atoms with van der Waals surface area (Å²) in [7, 11) is 1.64. The van der Waals surface area contributed by atoms with Crippen LogP contribution in [0, 0.1) is 0 Å². The highest BCUT2D eigenvalue weighted by atomic mass is 16.5. The van der Waals surface area contributed by atoms with Crippen LogP contribution in [-0.4, -0.2) is 37.9 Å². The highest BCUT2D eigenvalue weighted by Crippen LogP contribution is 2.26. The van der Waals surface area contributed by atoms with Crippen LogP contribution in [0.3, 0.4) is 0 Å². The van der Waals surface area contributed by atoms with Gasteiger partial charge in [-0.25, -0.2) is 0 Å². The number of carboxylic acids is 1. The first-order chi connectivity index (χ1) is 13.2. The molecule has 0 saturated carbocycles. The molecule has 0 radical (unpaired) electrons. The monoisotopic (exact) mass is 369 g/mol. The SMILES string of the molecule is COc1cc(OCCCc2ccccc2)ccc1/C=C/CNCCC(=O)O. The summed E-state index contributed by atoms with van der Waals surface area (Å²) in [4.78, 5) is 10.4. The zero-order valence-electron chi connectivity index (χ0n) is 15.7. The first kappa shape index (κ1) is 20.5. The molecule has 2 rings (SSSR count). The van der Waals surface area contributed by atoms with E-state index in [0.29, 0.717) is 19.7 Å². The number of ether oxygens (including phenoxy) is 2. The van der Waals surface area contributed by atoms with Gasteiger partial charge in [-0.05, 0) is 30.5 Å². The van der Waals surface area contributed by atoms with E-state index in [1.54, 1.807) is 7.11 Å². The van der Waals surface area contributed by atoms with Gasteiger partial charge < -0.3 is 19.9 Å². The van der Waals surface area contributed by atoms with Crippen LogP contribution in [0.1, 0.15) is 24.0 Å². The standard InChI is InChI=1S/C22H27NO4/c1-26-21-17-20(27-16-6-9-18-7-3-2-4-8-18)12-11-19(21)10-5-14-23-15-13-22(24)25/h2-5,7-8,10-12,17,23H,6,9,13-16H2,1H3,(H,24,25)/b10-5+. The zero-order valence-corrected chi connectivity index (χ0v) is 15.7. The van der Waals surface area contributed by atoms with Gasteiger partial charge in [-0.2, -0.15) is 0 Å². The van der Waals surface area contributed by atoms with E-state index >= 15 is 0 Å². The molecule has 0 aliphatic rings. The van der Waals surface area contributed by atoms with E-state index in [4.69, 9.17) is 14.6 Å². The van der Waals surface area contributed by atoms with Crippen molar-refractivity contribution in [3.8, 4) is 11.5 Å². The van der Waals surface area contributed by atoms with Crippen molar-refractivity contribution in [3.05, 3.63) is 65.7 Å². The fourth-order valence-corrected chi connectivity index (χ4v) is 2.60. The van der Waals surface area contributed by atoms with Crippen LogP contribution in [0.15, 0.2) is 54.6 Å². The Balaban J connectivity index is 1.77. The lowest BCUT2D eigenvalue weighted by atomic mass is 10.1. The zero-order chi connectivity index (χ0) is 19.3. The summed E-state index contributed by atoms with van der Waals surface area (Å²) in [6.07, 6.45) is 5.96. The molecular weight excluding hydrogens is 342 g/mol. The fourth-order valence-electron chi connectivity index (χ4n) is 2.60. The quantitative estimate of drug-likeness (QED) is 0.557. The molecule has 5 heteroatoms. The number of hydrogen-bond donors (Lipinski definition) is 2. The van der Waals surface area contributed by atoms with Crippen molar-refractivity contribution in [2.24, 2.45) is 0 Å². The lowest BCUT2D eigenvalue weighted by molar-refractivity contribution is -0.136. The van der Waals surface area contributed by atoms with Crippen molar-refractivity contribution in [1.29, 1.82) is 0 Å². The molecule has 0 aromatic heterocycles. The Morgan fingerprint density at radius 3 is 2.74 bits per heavy atom. The second-order valence-corrected chi connectivity index (χ2v) is 6.09. The van der Waals surface area contributed by atoms with Gasteiger partial charge >= 0.3 is 5.97 Å². The molecule has 2 N–H and O–H groups in total. The second kappa shape index (κ2) is 11.8. The Bertz CT molecular complexity index is 728. The predicted molar refractivity (Wildman–Crippen MR) is 107 cm³/mol. The summed E-state index contributed by atoms with van der Waals surface area (Å²) >= 11 is 0. The maximum absolute atomic E-state index is 10.4. The molecule has 0 aliphatic heterocycles. The van der Waals surface area contributed by atoms with Crippen LogP contribution < -0.4 is 14.8 Å². The number of aryl methyl sites for hydroxylation is 1. The topological polar surface area (TPSA) is 67.8 Å². The van der Waals surface area contributed by atoms with Gasteiger partial charge in [-0.3, -0.25) is 4.79 Å². The number of nitrogens with one attached hydrogen (secondary N) is 1. The van der Waals surface area contributed by atoms with Gasteiger partial charge in [0.05, 0.1) is 20.1 Å². The van der Waals surface area contributed by atoms with Gasteiger partial charge in [0.25, 0.3) is 0 Å². The predicted octanol–water partition coefficient (Wildman–Crippen LogP) is 3.78. The van der Waals surface area contributed by atoms with Gasteiger partial charge in [0.2, 0.25) is 0 Å². The van der Waals surface area contributed by atoms with E-state index in [0.717, 1.165) is 29.9 Å². The Morgan fingerprint density at radius 1 is 1.19 bits per heavy atom. The molecule has 0 amide bonds. The third-order valence-corrected chi connectivity index (χ3v) is 4.00. The maximum atomic E-state index is 10.4. The molecular formula is C22H27NO4. The summed E-state index contributed by atoms with van der Waals surface area (Å²) in [5, 5.41) is 11.6. The third kappa shape index (κ3) is 7.96. The second-order valence-electron chi connectivity index (χ2n) is 6.09. The fraction of sp³-hybridized carbons (Fsp3) is 0.318. The van der Waals surface area contributed by atoms with Crippen molar-refractivity contribution < 1.29 is 19.4 Å².